The highest BCUT2D eigenvalue weighted by molar-refractivity contribution is 7.89. The molecular weight excluding hydrogens is 426 g/mol. The van der Waals surface area contributed by atoms with Crippen LogP contribution in [0.25, 0.3) is 0 Å². The number of hydrogen-bond acceptors (Lipinski definition) is 4. The number of halogens is 4. The molecular formula is C20H21F4NO4S. The lowest BCUT2D eigenvalue weighted by Gasteiger charge is -2.37. The molecule has 0 aliphatic carbocycles. The summed E-state index contributed by atoms with van der Waals surface area (Å²) in [7, 11) is -2.03. The molecule has 1 atom stereocenters. The second kappa shape index (κ2) is 8.07. The van der Waals surface area contributed by atoms with Crippen molar-refractivity contribution in [1.82, 2.24) is 4.31 Å². The largest absolute Gasteiger partial charge is 0.497 e. The Morgan fingerprint density at radius 3 is 2.13 bits per heavy atom. The van der Waals surface area contributed by atoms with Crippen LogP contribution >= 0.6 is 0 Å². The van der Waals surface area contributed by atoms with Crippen LogP contribution < -0.4 is 9.47 Å². The predicted octanol–water partition coefficient (Wildman–Crippen LogP) is 4.27. The molecule has 3 rings (SSSR count). The van der Waals surface area contributed by atoms with Gasteiger partial charge in [0.15, 0.2) is 28.2 Å². The van der Waals surface area contributed by atoms with Crippen molar-refractivity contribution in [3.05, 3.63) is 52.1 Å². The molecule has 2 aromatic carbocycles. The van der Waals surface area contributed by atoms with Gasteiger partial charge in [-0.25, -0.2) is 26.0 Å². The number of nitrogens with zero attached hydrogens (tertiary/aromatic N) is 1. The Morgan fingerprint density at radius 1 is 1.03 bits per heavy atom. The lowest BCUT2D eigenvalue weighted by atomic mass is 9.91. The van der Waals surface area contributed by atoms with Gasteiger partial charge < -0.3 is 9.47 Å². The summed E-state index contributed by atoms with van der Waals surface area (Å²) in [6.07, 6.45) is 0.424. The fourth-order valence-electron chi connectivity index (χ4n) is 3.82. The van der Waals surface area contributed by atoms with Gasteiger partial charge in [0, 0.05) is 23.7 Å². The molecule has 30 heavy (non-hydrogen) atoms. The first kappa shape index (κ1) is 22.4. The summed E-state index contributed by atoms with van der Waals surface area (Å²) in [5.41, 5.74) is 0.352. The van der Waals surface area contributed by atoms with E-state index in [2.05, 4.69) is 0 Å². The molecule has 1 unspecified atom stereocenters. The minimum atomic E-state index is -4.91. The summed E-state index contributed by atoms with van der Waals surface area (Å²) in [5.74, 6) is -6.49. The van der Waals surface area contributed by atoms with Crippen molar-refractivity contribution >= 4 is 10.0 Å². The van der Waals surface area contributed by atoms with E-state index in [1.807, 2.05) is 0 Å². The van der Waals surface area contributed by atoms with E-state index in [9.17, 15) is 26.0 Å². The molecule has 0 radical (unpaired) electrons. The first-order chi connectivity index (χ1) is 14.1. The SMILES string of the molecule is CCC1c2c(cc(OC)cc2OC)CCN1S(=O)(=O)c1c(F)c(F)c(C)c(F)c1F. The molecule has 10 heteroatoms. The molecule has 0 fully saturated rings. The van der Waals surface area contributed by atoms with Gasteiger partial charge in [-0.2, -0.15) is 4.31 Å². The third-order valence-corrected chi connectivity index (χ3v) is 7.26. The van der Waals surface area contributed by atoms with Gasteiger partial charge in [-0.15, -0.1) is 0 Å². The highest BCUT2D eigenvalue weighted by Gasteiger charge is 2.42. The molecule has 0 N–H and O–H groups in total. The van der Waals surface area contributed by atoms with E-state index in [1.165, 1.54) is 14.2 Å². The van der Waals surface area contributed by atoms with Gasteiger partial charge in [-0.3, -0.25) is 0 Å². The number of methoxy groups -OCH3 is 2. The molecule has 0 spiro atoms. The molecule has 1 heterocycles. The summed E-state index contributed by atoms with van der Waals surface area (Å²) in [6.45, 7) is 2.38. The molecule has 0 amide bonds. The van der Waals surface area contributed by atoms with E-state index in [-0.39, 0.29) is 19.4 Å². The molecule has 1 aliphatic heterocycles. The van der Waals surface area contributed by atoms with Crippen LogP contribution in [0.2, 0.25) is 0 Å². The molecule has 164 valence electrons. The van der Waals surface area contributed by atoms with Crippen LogP contribution in [0, 0.1) is 30.2 Å². The van der Waals surface area contributed by atoms with Crippen LogP contribution in [0.4, 0.5) is 17.6 Å². The minimum absolute atomic E-state index is 0.139. The third kappa shape index (κ3) is 3.31. The topological polar surface area (TPSA) is 55.8 Å². The lowest BCUT2D eigenvalue weighted by Crippen LogP contribution is -2.41. The van der Waals surface area contributed by atoms with Gasteiger partial charge in [0.1, 0.15) is 11.5 Å². The Kier molecular flexibility index (Phi) is 6.01. The lowest BCUT2D eigenvalue weighted by molar-refractivity contribution is 0.283. The normalized spacial score (nSPS) is 17.0. The van der Waals surface area contributed by atoms with Crippen LogP contribution in [-0.2, 0) is 16.4 Å². The smallest absolute Gasteiger partial charge is 0.249 e. The van der Waals surface area contributed by atoms with Crippen molar-refractivity contribution in [1.29, 1.82) is 0 Å². The zero-order valence-electron chi connectivity index (χ0n) is 16.9. The number of ether oxygens (including phenoxy) is 2. The maximum absolute atomic E-state index is 14.5. The van der Waals surface area contributed by atoms with E-state index < -0.39 is 49.8 Å². The zero-order valence-corrected chi connectivity index (χ0v) is 17.7. The molecule has 0 saturated heterocycles. The fourth-order valence-corrected chi connectivity index (χ4v) is 5.61. The summed E-state index contributed by atoms with van der Waals surface area (Å²) in [6, 6.07) is 2.45. The van der Waals surface area contributed by atoms with E-state index in [1.54, 1.807) is 19.1 Å². The van der Waals surface area contributed by atoms with Crippen LogP contribution in [0.1, 0.15) is 36.1 Å². The van der Waals surface area contributed by atoms with Crippen molar-refractivity contribution < 1.29 is 35.5 Å². The molecule has 0 aromatic heterocycles. The van der Waals surface area contributed by atoms with Crippen LogP contribution in [0.15, 0.2) is 17.0 Å². The summed E-state index contributed by atoms with van der Waals surface area (Å²) in [5, 5.41) is 0. The average molecular weight is 447 g/mol. The van der Waals surface area contributed by atoms with Crippen molar-refractivity contribution in [3.63, 3.8) is 0 Å². The maximum atomic E-state index is 14.5. The highest BCUT2D eigenvalue weighted by Crippen LogP contribution is 2.44. The van der Waals surface area contributed by atoms with Gasteiger partial charge in [0.25, 0.3) is 0 Å². The predicted molar refractivity (Wildman–Crippen MR) is 101 cm³/mol. The van der Waals surface area contributed by atoms with Crippen LogP contribution in [0.5, 0.6) is 11.5 Å². The van der Waals surface area contributed by atoms with E-state index in [0.717, 1.165) is 16.8 Å². The third-order valence-electron chi connectivity index (χ3n) is 5.34. The van der Waals surface area contributed by atoms with Crippen LogP contribution in [0.3, 0.4) is 0 Å². The Hall–Kier alpha value is -2.33. The van der Waals surface area contributed by atoms with Crippen LogP contribution in [-0.4, -0.2) is 33.5 Å². The summed E-state index contributed by atoms with van der Waals surface area (Å²) in [4.78, 5) is -1.63. The number of benzene rings is 2. The van der Waals surface area contributed by atoms with Gasteiger partial charge in [0.2, 0.25) is 10.0 Å². The van der Waals surface area contributed by atoms with Crippen molar-refractivity contribution in [2.75, 3.05) is 20.8 Å². The molecule has 5 nitrogen and oxygen atoms in total. The standard InChI is InChI=1S/C20H21F4NO4S/c1-5-13-15-11(8-12(28-3)9-14(15)29-4)6-7-25(13)30(26,27)20-18(23)16(21)10(2)17(22)19(20)24/h8-9,13H,5-7H2,1-4H3. The first-order valence-electron chi connectivity index (χ1n) is 9.19. The van der Waals surface area contributed by atoms with Crippen molar-refractivity contribution in [3.8, 4) is 11.5 Å². The first-order valence-corrected chi connectivity index (χ1v) is 10.6. The minimum Gasteiger partial charge on any atom is -0.497 e. The zero-order chi connectivity index (χ0) is 22.4. The Morgan fingerprint density at radius 2 is 1.63 bits per heavy atom. The van der Waals surface area contributed by atoms with E-state index >= 15 is 0 Å². The van der Waals surface area contributed by atoms with Crippen molar-refractivity contribution in [2.45, 2.75) is 37.6 Å². The van der Waals surface area contributed by atoms with E-state index in [0.29, 0.717) is 17.1 Å². The monoisotopic (exact) mass is 447 g/mol. The average Bonchev–Trinajstić information content (AvgIpc) is 2.74. The molecule has 2 aromatic rings. The Bertz CT molecular complexity index is 1060. The number of fused-ring (bicyclic) bond motifs is 1. The fraction of sp³-hybridized carbons (Fsp3) is 0.400. The molecule has 0 saturated carbocycles. The van der Waals surface area contributed by atoms with Gasteiger partial charge in [-0.05, 0) is 31.4 Å². The van der Waals surface area contributed by atoms with E-state index in [4.69, 9.17) is 9.47 Å². The number of rotatable bonds is 5. The van der Waals surface area contributed by atoms with Gasteiger partial charge >= 0.3 is 0 Å². The molecule has 0 bridgehead atoms. The van der Waals surface area contributed by atoms with Gasteiger partial charge in [0.05, 0.1) is 20.3 Å². The quantitative estimate of drug-likeness (QED) is 0.508. The molecule has 1 aliphatic rings. The second-order valence-electron chi connectivity index (χ2n) is 6.90. The summed E-state index contributed by atoms with van der Waals surface area (Å²) < 4.78 is 95.0. The Labute approximate surface area is 172 Å². The summed E-state index contributed by atoms with van der Waals surface area (Å²) >= 11 is 0. The maximum Gasteiger partial charge on any atom is 0.249 e. The van der Waals surface area contributed by atoms with Gasteiger partial charge in [-0.1, -0.05) is 6.92 Å². The number of sulfonamides is 1. The number of hydrogen-bond donors (Lipinski definition) is 0. The van der Waals surface area contributed by atoms with Crippen molar-refractivity contribution in [2.24, 2.45) is 0 Å². The Balaban J connectivity index is 2.21. The second-order valence-corrected chi connectivity index (χ2v) is 8.73. The highest BCUT2D eigenvalue weighted by atomic mass is 32.2.